The molecule has 0 spiro atoms. The van der Waals surface area contributed by atoms with Crippen molar-refractivity contribution in [2.24, 2.45) is 0 Å². The van der Waals surface area contributed by atoms with Gasteiger partial charge in [-0.1, -0.05) is 0 Å². The van der Waals surface area contributed by atoms with Crippen LogP contribution in [0.1, 0.15) is 30.1 Å². The molecule has 2 N–H and O–H groups in total. The van der Waals surface area contributed by atoms with Crippen molar-refractivity contribution in [3.8, 4) is 0 Å². The van der Waals surface area contributed by atoms with Crippen molar-refractivity contribution >= 4 is 23.5 Å². The maximum atomic E-state index is 11.6. The molecule has 1 aromatic rings. The molecule has 20 heavy (non-hydrogen) atoms. The van der Waals surface area contributed by atoms with Crippen molar-refractivity contribution in [2.75, 3.05) is 19.0 Å². The number of hydrogen-bond acceptors (Lipinski definition) is 4. The number of esters is 1. The Kier molecular flexibility index (Phi) is 6.22. The highest BCUT2D eigenvalue weighted by molar-refractivity contribution is 5.96. The van der Waals surface area contributed by atoms with Crippen molar-refractivity contribution in [1.82, 2.24) is 5.32 Å². The summed E-state index contributed by atoms with van der Waals surface area (Å²) in [7, 11) is 1.28. The smallest absolute Gasteiger partial charge is 0.306 e. The lowest BCUT2D eigenvalue weighted by molar-refractivity contribution is -0.141. The summed E-state index contributed by atoms with van der Waals surface area (Å²) in [5.74, 6) is -0.857. The first-order valence-electron chi connectivity index (χ1n) is 6.31. The van der Waals surface area contributed by atoms with Crippen LogP contribution in [0.5, 0.6) is 0 Å². The molecule has 6 heteroatoms. The molecule has 0 aliphatic rings. The molecule has 2 amide bonds. The van der Waals surface area contributed by atoms with Crippen molar-refractivity contribution in [3.05, 3.63) is 29.8 Å². The molecule has 1 aromatic carbocycles. The molecule has 0 fully saturated rings. The Hall–Kier alpha value is -2.37. The maximum absolute atomic E-state index is 11.6. The van der Waals surface area contributed by atoms with Crippen molar-refractivity contribution < 1.29 is 19.1 Å². The fourth-order valence-electron chi connectivity index (χ4n) is 1.51. The topological polar surface area (TPSA) is 84.5 Å². The summed E-state index contributed by atoms with van der Waals surface area (Å²) >= 11 is 0. The SMILES string of the molecule is CCNC(=O)c1ccc(NC(=O)CCC(=O)OC)cc1. The number of hydrogen-bond donors (Lipinski definition) is 2. The van der Waals surface area contributed by atoms with Gasteiger partial charge in [0, 0.05) is 24.2 Å². The van der Waals surface area contributed by atoms with E-state index in [0.29, 0.717) is 17.8 Å². The van der Waals surface area contributed by atoms with E-state index in [2.05, 4.69) is 15.4 Å². The summed E-state index contributed by atoms with van der Waals surface area (Å²) in [6, 6.07) is 6.53. The summed E-state index contributed by atoms with van der Waals surface area (Å²) in [5, 5.41) is 5.32. The maximum Gasteiger partial charge on any atom is 0.306 e. The number of carbonyl (C=O) groups excluding carboxylic acids is 3. The Bertz CT molecular complexity index is 482. The van der Waals surface area contributed by atoms with E-state index in [9.17, 15) is 14.4 Å². The molecule has 0 aromatic heterocycles. The van der Waals surface area contributed by atoms with E-state index in [1.165, 1.54) is 7.11 Å². The third-order valence-electron chi connectivity index (χ3n) is 2.55. The Balaban J connectivity index is 2.50. The molecule has 0 bridgehead atoms. The van der Waals surface area contributed by atoms with Crippen LogP contribution in [0, 0.1) is 0 Å². The van der Waals surface area contributed by atoms with E-state index in [1.54, 1.807) is 24.3 Å². The van der Waals surface area contributed by atoms with Gasteiger partial charge < -0.3 is 15.4 Å². The summed E-state index contributed by atoms with van der Waals surface area (Å²) in [6.07, 6.45) is 0.101. The second-order valence-electron chi connectivity index (χ2n) is 4.06. The van der Waals surface area contributed by atoms with E-state index in [4.69, 9.17) is 0 Å². The van der Waals surface area contributed by atoms with Crippen molar-refractivity contribution in [2.45, 2.75) is 19.8 Å². The van der Waals surface area contributed by atoms with Crippen LogP contribution in [-0.4, -0.2) is 31.4 Å². The van der Waals surface area contributed by atoms with Gasteiger partial charge in [-0.2, -0.15) is 0 Å². The normalized spacial score (nSPS) is 9.70. The third-order valence-corrected chi connectivity index (χ3v) is 2.55. The van der Waals surface area contributed by atoms with Crippen LogP contribution in [0.3, 0.4) is 0 Å². The first-order valence-corrected chi connectivity index (χ1v) is 6.31. The van der Waals surface area contributed by atoms with Crippen LogP contribution >= 0.6 is 0 Å². The Morgan fingerprint density at radius 1 is 1.10 bits per heavy atom. The molecule has 0 atom stereocenters. The second-order valence-corrected chi connectivity index (χ2v) is 4.06. The molecule has 0 heterocycles. The zero-order valence-electron chi connectivity index (χ0n) is 11.6. The molecular weight excluding hydrogens is 260 g/mol. The van der Waals surface area contributed by atoms with Gasteiger partial charge in [0.25, 0.3) is 5.91 Å². The zero-order chi connectivity index (χ0) is 15.0. The van der Waals surface area contributed by atoms with Gasteiger partial charge in [-0.15, -0.1) is 0 Å². The predicted molar refractivity (Wildman–Crippen MR) is 74.3 cm³/mol. The average Bonchev–Trinajstić information content (AvgIpc) is 2.45. The largest absolute Gasteiger partial charge is 0.469 e. The molecule has 1 rings (SSSR count). The van der Waals surface area contributed by atoms with Crippen molar-refractivity contribution in [3.63, 3.8) is 0 Å². The van der Waals surface area contributed by atoms with E-state index in [1.807, 2.05) is 6.92 Å². The standard InChI is InChI=1S/C14H18N2O4/c1-3-15-14(19)10-4-6-11(7-5-10)16-12(17)8-9-13(18)20-2/h4-7H,3,8-9H2,1-2H3,(H,15,19)(H,16,17). The van der Waals surface area contributed by atoms with E-state index >= 15 is 0 Å². The van der Waals surface area contributed by atoms with E-state index < -0.39 is 5.97 Å². The van der Waals surface area contributed by atoms with E-state index in [-0.39, 0.29) is 24.7 Å². The fraction of sp³-hybridized carbons (Fsp3) is 0.357. The van der Waals surface area contributed by atoms with Gasteiger partial charge in [0.1, 0.15) is 0 Å². The van der Waals surface area contributed by atoms with Gasteiger partial charge in [0.05, 0.1) is 13.5 Å². The molecule has 6 nitrogen and oxygen atoms in total. The van der Waals surface area contributed by atoms with E-state index in [0.717, 1.165) is 0 Å². The molecule has 108 valence electrons. The lowest BCUT2D eigenvalue weighted by Gasteiger charge is -2.06. The third kappa shape index (κ3) is 5.09. The highest BCUT2D eigenvalue weighted by atomic mass is 16.5. The first-order chi connectivity index (χ1) is 9.56. The van der Waals surface area contributed by atoms with Crippen molar-refractivity contribution in [1.29, 1.82) is 0 Å². The molecule has 0 saturated carbocycles. The molecule has 0 saturated heterocycles. The number of carbonyl (C=O) groups is 3. The first kappa shape index (κ1) is 15.7. The Morgan fingerprint density at radius 2 is 1.75 bits per heavy atom. The van der Waals surface area contributed by atoms with Gasteiger partial charge in [-0.3, -0.25) is 14.4 Å². The highest BCUT2D eigenvalue weighted by Gasteiger charge is 2.08. The average molecular weight is 278 g/mol. The number of rotatable bonds is 6. The number of ether oxygens (including phenoxy) is 1. The number of methoxy groups -OCH3 is 1. The zero-order valence-corrected chi connectivity index (χ0v) is 11.6. The minimum atomic E-state index is -0.424. The van der Waals surface area contributed by atoms with Gasteiger partial charge in [0.2, 0.25) is 5.91 Å². The van der Waals surface area contributed by atoms with Crippen LogP contribution in [-0.2, 0) is 14.3 Å². The number of anilines is 1. The second kappa shape index (κ2) is 7.93. The Labute approximate surface area is 117 Å². The van der Waals surface area contributed by atoms with Gasteiger partial charge in [-0.25, -0.2) is 0 Å². The molecule has 0 aliphatic carbocycles. The molecule has 0 radical (unpaired) electrons. The lowest BCUT2D eigenvalue weighted by atomic mass is 10.2. The Morgan fingerprint density at radius 3 is 2.30 bits per heavy atom. The predicted octanol–water partition coefficient (Wildman–Crippen LogP) is 1.33. The minimum Gasteiger partial charge on any atom is -0.469 e. The number of nitrogens with one attached hydrogen (secondary N) is 2. The number of benzene rings is 1. The van der Waals surface area contributed by atoms with Crippen LogP contribution in [0.4, 0.5) is 5.69 Å². The highest BCUT2D eigenvalue weighted by Crippen LogP contribution is 2.10. The molecule has 0 aliphatic heterocycles. The molecular formula is C14H18N2O4. The summed E-state index contributed by atoms with van der Waals surface area (Å²) < 4.78 is 4.45. The van der Waals surface area contributed by atoms with Crippen LogP contribution in [0.25, 0.3) is 0 Å². The van der Waals surface area contributed by atoms with Crippen LogP contribution in [0.15, 0.2) is 24.3 Å². The fourth-order valence-corrected chi connectivity index (χ4v) is 1.51. The van der Waals surface area contributed by atoms with Gasteiger partial charge in [0.15, 0.2) is 0 Å². The summed E-state index contributed by atoms with van der Waals surface area (Å²) in [4.78, 5) is 34.0. The monoisotopic (exact) mass is 278 g/mol. The lowest BCUT2D eigenvalue weighted by Crippen LogP contribution is -2.22. The minimum absolute atomic E-state index is 0.0410. The molecule has 0 unspecified atom stereocenters. The van der Waals surface area contributed by atoms with Gasteiger partial charge >= 0.3 is 5.97 Å². The van der Waals surface area contributed by atoms with Crippen LogP contribution in [0.2, 0.25) is 0 Å². The summed E-state index contributed by atoms with van der Waals surface area (Å²) in [6.45, 7) is 2.40. The van der Waals surface area contributed by atoms with Crippen LogP contribution < -0.4 is 10.6 Å². The quantitative estimate of drug-likeness (QED) is 0.769. The van der Waals surface area contributed by atoms with Gasteiger partial charge in [-0.05, 0) is 31.2 Å². The summed E-state index contributed by atoms with van der Waals surface area (Å²) in [5.41, 5.74) is 1.10. The number of amides is 2.